The molecule has 0 radical (unpaired) electrons. The van der Waals surface area contributed by atoms with Crippen LogP contribution in [0.5, 0.6) is 0 Å². The molecule has 2 amide bonds. The van der Waals surface area contributed by atoms with Gasteiger partial charge in [0, 0.05) is 7.05 Å². The van der Waals surface area contributed by atoms with E-state index < -0.39 is 6.03 Å². The van der Waals surface area contributed by atoms with Gasteiger partial charge in [-0.25, -0.2) is 4.79 Å². The minimum absolute atomic E-state index is 0.0623. The summed E-state index contributed by atoms with van der Waals surface area (Å²) in [7, 11) is 1.45. The van der Waals surface area contributed by atoms with E-state index in [1.807, 2.05) is 0 Å². The zero-order valence-corrected chi connectivity index (χ0v) is 6.16. The predicted molar refractivity (Wildman–Crippen MR) is 37.3 cm³/mol. The van der Waals surface area contributed by atoms with Crippen molar-refractivity contribution < 1.29 is 4.79 Å². The molecule has 0 aliphatic heterocycles. The quantitative estimate of drug-likeness (QED) is 0.550. The zero-order chi connectivity index (χ0) is 8.69. The third-order valence-corrected chi connectivity index (χ3v) is 1.02. The van der Waals surface area contributed by atoms with E-state index in [9.17, 15) is 4.79 Å². The first-order valence-electron chi connectivity index (χ1n) is 2.96. The maximum Gasteiger partial charge on any atom is 0.318 e. The average Bonchev–Trinajstić information content (AvgIpc) is 2.03. The molecule has 0 aromatic heterocycles. The fourth-order valence-corrected chi connectivity index (χ4v) is 0.528. The zero-order valence-electron chi connectivity index (χ0n) is 6.16. The lowest BCUT2D eigenvalue weighted by Crippen LogP contribution is -2.38. The van der Waals surface area contributed by atoms with Gasteiger partial charge in [0.15, 0.2) is 0 Å². The minimum atomic E-state index is -0.409. The molecule has 0 aliphatic carbocycles. The average molecular weight is 152 g/mol. The van der Waals surface area contributed by atoms with Crippen molar-refractivity contribution in [2.24, 2.45) is 0 Å². The maximum absolute atomic E-state index is 10.8. The molecule has 0 bridgehead atoms. The number of nitrogens with one attached hydrogen (secondary N) is 1. The van der Waals surface area contributed by atoms with Crippen LogP contribution in [0.3, 0.4) is 0 Å². The van der Waals surface area contributed by atoms with Gasteiger partial charge in [-0.2, -0.15) is 10.5 Å². The molecule has 0 rings (SSSR count). The van der Waals surface area contributed by atoms with Gasteiger partial charge in [-0.3, -0.25) is 4.90 Å². The molecule has 5 nitrogen and oxygen atoms in total. The van der Waals surface area contributed by atoms with E-state index in [4.69, 9.17) is 10.5 Å². The van der Waals surface area contributed by atoms with Gasteiger partial charge in [0.2, 0.25) is 0 Å². The Morgan fingerprint density at radius 1 is 1.45 bits per heavy atom. The van der Waals surface area contributed by atoms with Crippen molar-refractivity contribution in [1.29, 1.82) is 10.5 Å². The number of hydrogen-bond donors (Lipinski definition) is 1. The van der Waals surface area contributed by atoms with E-state index >= 15 is 0 Å². The van der Waals surface area contributed by atoms with E-state index in [1.165, 1.54) is 7.05 Å². The first-order chi connectivity index (χ1) is 5.26. The van der Waals surface area contributed by atoms with Gasteiger partial charge in [0.05, 0.1) is 12.1 Å². The van der Waals surface area contributed by atoms with E-state index in [-0.39, 0.29) is 13.1 Å². The molecule has 0 aromatic rings. The Labute approximate surface area is 64.8 Å². The molecule has 1 N–H and O–H groups in total. The minimum Gasteiger partial charge on any atom is -0.341 e. The van der Waals surface area contributed by atoms with Crippen molar-refractivity contribution in [1.82, 2.24) is 10.2 Å². The molecule has 5 heteroatoms. The van der Waals surface area contributed by atoms with Crippen LogP contribution in [-0.4, -0.2) is 31.1 Å². The van der Waals surface area contributed by atoms with Crippen molar-refractivity contribution in [3.63, 3.8) is 0 Å². The monoisotopic (exact) mass is 152 g/mol. The standard InChI is InChI=1S/C6H8N4O/c1-9-6(11)10(4-2-7)5-3-8/h4-5H2,1H3,(H,9,11). The number of hydrogen-bond acceptors (Lipinski definition) is 3. The van der Waals surface area contributed by atoms with E-state index in [2.05, 4.69) is 5.32 Å². The van der Waals surface area contributed by atoms with Crippen LogP contribution in [0.1, 0.15) is 0 Å². The summed E-state index contributed by atoms with van der Waals surface area (Å²) in [6.07, 6.45) is 0. The van der Waals surface area contributed by atoms with Crippen LogP contribution < -0.4 is 5.32 Å². The fraction of sp³-hybridized carbons (Fsp3) is 0.500. The normalized spacial score (nSPS) is 7.55. The van der Waals surface area contributed by atoms with E-state index in [0.29, 0.717) is 0 Å². The summed E-state index contributed by atoms with van der Waals surface area (Å²) < 4.78 is 0. The Hall–Kier alpha value is -1.75. The second kappa shape index (κ2) is 5.07. The van der Waals surface area contributed by atoms with Gasteiger partial charge >= 0.3 is 6.03 Å². The molecule has 0 fully saturated rings. The molecule has 0 spiro atoms. The van der Waals surface area contributed by atoms with Gasteiger partial charge in [0.1, 0.15) is 13.1 Å². The number of nitrogens with zero attached hydrogens (tertiary/aromatic N) is 3. The number of rotatable bonds is 2. The number of amides is 2. The topological polar surface area (TPSA) is 79.9 Å². The lowest BCUT2D eigenvalue weighted by atomic mass is 10.5. The summed E-state index contributed by atoms with van der Waals surface area (Å²) in [6, 6.07) is 3.15. The highest BCUT2D eigenvalue weighted by Crippen LogP contribution is 1.85. The largest absolute Gasteiger partial charge is 0.341 e. The molecule has 0 atom stereocenters. The van der Waals surface area contributed by atoms with Crippen molar-refractivity contribution in [3.8, 4) is 12.1 Å². The molecule has 58 valence electrons. The van der Waals surface area contributed by atoms with Crippen molar-refractivity contribution in [3.05, 3.63) is 0 Å². The Balaban J connectivity index is 4.02. The third-order valence-electron chi connectivity index (χ3n) is 1.02. The summed E-state index contributed by atoms with van der Waals surface area (Å²) in [6.45, 7) is -0.125. The van der Waals surface area contributed by atoms with Gasteiger partial charge in [-0.1, -0.05) is 0 Å². The highest BCUT2D eigenvalue weighted by Gasteiger charge is 2.08. The fourth-order valence-electron chi connectivity index (χ4n) is 0.528. The molecular formula is C6H8N4O. The highest BCUT2D eigenvalue weighted by molar-refractivity contribution is 5.74. The van der Waals surface area contributed by atoms with Gasteiger partial charge in [-0.05, 0) is 0 Å². The highest BCUT2D eigenvalue weighted by atomic mass is 16.2. The van der Waals surface area contributed by atoms with Gasteiger partial charge in [0.25, 0.3) is 0 Å². The molecule has 0 aliphatic rings. The first-order valence-corrected chi connectivity index (χ1v) is 2.96. The SMILES string of the molecule is CNC(=O)N(CC#N)CC#N. The Morgan fingerprint density at radius 3 is 2.18 bits per heavy atom. The van der Waals surface area contributed by atoms with Crippen LogP contribution in [-0.2, 0) is 0 Å². The van der Waals surface area contributed by atoms with Crippen molar-refractivity contribution in [2.45, 2.75) is 0 Å². The summed E-state index contributed by atoms with van der Waals surface area (Å²) in [4.78, 5) is 11.9. The predicted octanol–water partition coefficient (Wildman–Crippen LogP) is -0.325. The summed E-state index contributed by atoms with van der Waals surface area (Å²) in [5.74, 6) is 0. The number of carbonyl (C=O) groups is 1. The molecule has 0 aromatic carbocycles. The van der Waals surface area contributed by atoms with Crippen LogP contribution >= 0.6 is 0 Å². The smallest absolute Gasteiger partial charge is 0.318 e. The second-order valence-corrected chi connectivity index (χ2v) is 1.73. The number of nitriles is 2. The molecule has 11 heavy (non-hydrogen) atoms. The molecular weight excluding hydrogens is 144 g/mol. The van der Waals surface area contributed by atoms with Crippen LogP contribution in [0, 0.1) is 22.7 Å². The third kappa shape index (κ3) is 3.07. The number of carbonyl (C=O) groups excluding carboxylic acids is 1. The van der Waals surface area contributed by atoms with Crippen LogP contribution in [0.2, 0.25) is 0 Å². The summed E-state index contributed by atoms with van der Waals surface area (Å²) >= 11 is 0. The van der Waals surface area contributed by atoms with Crippen molar-refractivity contribution >= 4 is 6.03 Å². The van der Waals surface area contributed by atoms with E-state index in [0.717, 1.165) is 4.90 Å². The molecule has 0 unspecified atom stereocenters. The Kier molecular flexibility index (Phi) is 4.26. The van der Waals surface area contributed by atoms with Gasteiger partial charge < -0.3 is 5.32 Å². The second-order valence-electron chi connectivity index (χ2n) is 1.73. The summed E-state index contributed by atoms with van der Waals surface area (Å²) in [5, 5.41) is 18.8. The maximum atomic E-state index is 10.8. The first kappa shape index (κ1) is 9.25. The lowest BCUT2D eigenvalue weighted by Gasteiger charge is -2.13. The van der Waals surface area contributed by atoms with Crippen LogP contribution in [0.4, 0.5) is 4.79 Å². The van der Waals surface area contributed by atoms with E-state index in [1.54, 1.807) is 12.1 Å². The summed E-state index contributed by atoms with van der Waals surface area (Å²) in [5.41, 5.74) is 0. The Morgan fingerprint density at radius 2 is 1.91 bits per heavy atom. The number of urea groups is 1. The van der Waals surface area contributed by atoms with Crippen LogP contribution in [0.15, 0.2) is 0 Å². The molecule has 0 heterocycles. The molecule has 0 saturated heterocycles. The lowest BCUT2D eigenvalue weighted by molar-refractivity contribution is 0.211. The Bertz CT molecular complexity index is 196. The van der Waals surface area contributed by atoms with Gasteiger partial charge in [-0.15, -0.1) is 0 Å². The van der Waals surface area contributed by atoms with Crippen molar-refractivity contribution in [2.75, 3.05) is 20.1 Å². The molecule has 0 saturated carbocycles. The van der Waals surface area contributed by atoms with Crippen LogP contribution in [0.25, 0.3) is 0 Å².